The van der Waals surface area contributed by atoms with Gasteiger partial charge in [-0.05, 0) is 51.5 Å². The molecule has 5 nitrogen and oxygen atoms in total. The van der Waals surface area contributed by atoms with Crippen molar-refractivity contribution in [2.75, 3.05) is 6.54 Å². The highest BCUT2D eigenvalue weighted by atomic mass is 79.9. The number of tetrazole rings is 1. The van der Waals surface area contributed by atoms with Gasteiger partial charge in [0.05, 0.1) is 10.3 Å². The molecule has 0 aliphatic carbocycles. The molecule has 0 spiro atoms. The largest absolute Gasteiger partial charge is 0.310 e. The van der Waals surface area contributed by atoms with Gasteiger partial charge in [0.25, 0.3) is 0 Å². The molecule has 0 atom stereocenters. The SMILES string of the molecule is CCCNCc1nnnn1CCc1ccc(Br)s1. The first-order valence-electron chi connectivity index (χ1n) is 5.99. The Kier molecular flexibility index (Phi) is 5.27. The minimum Gasteiger partial charge on any atom is -0.310 e. The number of rotatable bonds is 7. The minimum atomic E-state index is 0.731. The van der Waals surface area contributed by atoms with Gasteiger partial charge in [-0.25, -0.2) is 4.68 Å². The molecule has 2 rings (SSSR count). The number of hydrogen-bond acceptors (Lipinski definition) is 5. The third-order valence-corrected chi connectivity index (χ3v) is 4.20. The highest BCUT2D eigenvalue weighted by molar-refractivity contribution is 9.11. The zero-order chi connectivity index (χ0) is 12.8. The smallest absolute Gasteiger partial charge is 0.165 e. The quantitative estimate of drug-likeness (QED) is 0.791. The van der Waals surface area contributed by atoms with E-state index in [1.165, 1.54) is 8.66 Å². The molecule has 0 aliphatic rings. The first-order chi connectivity index (χ1) is 8.79. The summed E-state index contributed by atoms with van der Waals surface area (Å²) in [5.74, 6) is 0.902. The maximum absolute atomic E-state index is 4.04. The van der Waals surface area contributed by atoms with E-state index in [-0.39, 0.29) is 0 Å². The number of hydrogen-bond donors (Lipinski definition) is 1. The molecule has 18 heavy (non-hydrogen) atoms. The molecule has 0 bridgehead atoms. The first-order valence-corrected chi connectivity index (χ1v) is 7.60. The molecule has 0 fully saturated rings. The van der Waals surface area contributed by atoms with Crippen molar-refractivity contribution < 1.29 is 0 Å². The summed E-state index contributed by atoms with van der Waals surface area (Å²) in [4.78, 5) is 1.34. The summed E-state index contributed by atoms with van der Waals surface area (Å²) in [7, 11) is 0. The molecule has 0 amide bonds. The van der Waals surface area contributed by atoms with Crippen LogP contribution in [0.25, 0.3) is 0 Å². The second kappa shape index (κ2) is 6.96. The predicted molar refractivity (Wildman–Crippen MR) is 75.5 cm³/mol. The van der Waals surface area contributed by atoms with Crippen LogP contribution in [0.3, 0.4) is 0 Å². The third-order valence-electron chi connectivity index (χ3n) is 2.51. The van der Waals surface area contributed by atoms with E-state index < -0.39 is 0 Å². The summed E-state index contributed by atoms with van der Waals surface area (Å²) >= 11 is 5.22. The molecule has 0 aromatic carbocycles. The fourth-order valence-electron chi connectivity index (χ4n) is 1.60. The number of thiophene rings is 1. The Morgan fingerprint density at radius 1 is 1.44 bits per heavy atom. The van der Waals surface area contributed by atoms with Crippen LogP contribution in [0.5, 0.6) is 0 Å². The van der Waals surface area contributed by atoms with Crippen molar-refractivity contribution >= 4 is 27.3 Å². The zero-order valence-corrected chi connectivity index (χ0v) is 12.7. The van der Waals surface area contributed by atoms with Gasteiger partial charge in [-0.15, -0.1) is 16.4 Å². The molecule has 0 radical (unpaired) electrons. The van der Waals surface area contributed by atoms with Crippen LogP contribution in [-0.2, 0) is 19.5 Å². The van der Waals surface area contributed by atoms with E-state index in [1.807, 2.05) is 4.68 Å². The van der Waals surface area contributed by atoms with Crippen LogP contribution in [0.4, 0.5) is 0 Å². The fourth-order valence-corrected chi connectivity index (χ4v) is 3.07. The highest BCUT2D eigenvalue weighted by Gasteiger charge is 2.06. The van der Waals surface area contributed by atoms with E-state index >= 15 is 0 Å². The first kappa shape index (κ1) is 13.6. The maximum Gasteiger partial charge on any atom is 0.165 e. The number of nitrogens with zero attached hydrogens (tertiary/aromatic N) is 4. The van der Waals surface area contributed by atoms with Gasteiger partial charge in [0.2, 0.25) is 0 Å². The lowest BCUT2D eigenvalue weighted by Gasteiger charge is -2.04. The number of aryl methyl sites for hydroxylation is 2. The Hall–Kier alpha value is -0.790. The van der Waals surface area contributed by atoms with Crippen molar-refractivity contribution in [1.29, 1.82) is 0 Å². The summed E-state index contributed by atoms with van der Waals surface area (Å²) in [5.41, 5.74) is 0. The van der Waals surface area contributed by atoms with Gasteiger partial charge in [0, 0.05) is 17.8 Å². The minimum absolute atomic E-state index is 0.731. The highest BCUT2D eigenvalue weighted by Crippen LogP contribution is 2.22. The Balaban J connectivity index is 1.87. The summed E-state index contributed by atoms with van der Waals surface area (Å²) < 4.78 is 3.04. The van der Waals surface area contributed by atoms with E-state index in [0.29, 0.717) is 0 Å². The molecule has 2 heterocycles. The summed E-state index contributed by atoms with van der Waals surface area (Å²) in [6.45, 7) is 4.69. The van der Waals surface area contributed by atoms with Crippen LogP contribution in [0.15, 0.2) is 15.9 Å². The van der Waals surface area contributed by atoms with Crippen molar-refractivity contribution in [2.45, 2.75) is 32.9 Å². The van der Waals surface area contributed by atoms with Gasteiger partial charge >= 0.3 is 0 Å². The van der Waals surface area contributed by atoms with Crippen LogP contribution in [0.2, 0.25) is 0 Å². The Morgan fingerprint density at radius 2 is 2.33 bits per heavy atom. The monoisotopic (exact) mass is 329 g/mol. The maximum atomic E-state index is 4.04. The van der Waals surface area contributed by atoms with Crippen molar-refractivity contribution in [3.8, 4) is 0 Å². The van der Waals surface area contributed by atoms with E-state index in [0.717, 1.165) is 38.3 Å². The molecule has 0 saturated carbocycles. The van der Waals surface area contributed by atoms with E-state index in [9.17, 15) is 0 Å². The number of aromatic nitrogens is 4. The van der Waals surface area contributed by atoms with Crippen LogP contribution >= 0.6 is 27.3 Å². The van der Waals surface area contributed by atoms with Gasteiger partial charge in [0.15, 0.2) is 5.82 Å². The molecular formula is C11H16BrN5S. The molecule has 2 aromatic heterocycles. The van der Waals surface area contributed by atoms with Gasteiger partial charge < -0.3 is 5.32 Å². The molecule has 0 saturated heterocycles. The van der Waals surface area contributed by atoms with Gasteiger partial charge in [-0.1, -0.05) is 6.92 Å². The average molecular weight is 330 g/mol. The number of halogens is 1. The second-order valence-corrected chi connectivity index (χ2v) is 6.50. The lowest BCUT2D eigenvalue weighted by molar-refractivity contribution is 0.542. The summed E-state index contributed by atoms with van der Waals surface area (Å²) in [6, 6.07) is 4.21. The van der Waals surface area contributed by atoms with Crippen LogP contribution in [0.1, 0.15) is 24.0 Å². The Morgan fingerprint density at radius 3 is 3.06 bits per heavy atom. The lowest BCUT2D eigenvalue weighted by atomic mass is 10.3. The van der Waals surface area contributed by atoms with Crippen molar-refractivity contribution in [1.82, 2.24) is 25.5 Å². The van der Waals surface area contributed by atoms with Crippen LogP contribution in [0, 0.1) is 0 Å². The molecular weight excluding hydrogens is 314 g/mol. The normalized spacial score (nSPS) is 11.0. The molecule has 0 unspecified atom stereocenters. The molecule has 0 aliphatic heterocycles. The van der Waals surface area contributed by atoms with Gasteiger partial charge in [-0.3, -0.25) is 0 Å². The molecule has 98 valence electrons. The number of nitrogens with one attached hydrogen (secondary N) is 1. The third kappa shape index (κ3) is 3.86. The average Bonchev–Trinajstić information content (AvgIpc) is 2.96. The topological polar surface area (TPSA) is 55.6 Å². The van der Waals surface area contributed by atoms with Gasteiger partial charge in [-0.2, -0.15) is 0 Å². The van der Waals surface area contributed by atoms with E-state index in [1.54, 1.807) is 11.3 Å². The molecule has 7 heteroatoms. The Bertz CT molecular complexity index is 481. The van der Waals surface area contributed by atoms with E-state index in [4.69, 9.17) is 0 Å². The van der Waals surface area contributed by atoms with Gasteiger partial charge in [0.1, 0.15) is 0 Å². The van der Waals surface area contributed by atoms with Crippen molar-refractivity contribution in [3.05, 3.63) is 26.6 Å². The summed E-state index contributed by atoms with van der Waals surface area (Å²) in [5, 5.41) is 15.1. The molecule has 1 N–H and O–H groups in total. The second-order valence-electron chi connectivity index (χ2n) is 3.95. The Labute approximate surface area is 119 Å². The lowest BCUT2D eigenvalue weighted by Crippen LogP contribution is -2.18. The summed E-state index contributed by atoms with van der Waals surface area (Å²) in [6.07, 6.45) is 2.08. The predicted octanol–water partition coefficient (Wildman–Crippen LogP) is 2.24. The van der Waals surface area contributed by atoms with Crippen molar-refractivity contribution in [3.63, 3.8) is 0 Å². The van der Waals surface area contributed by atoms with E-state index in [2.05, 4.69) is 55.8 Å². The standard InChI is InChI=1S/C11H16BrN5S/c1-2-6-13-8-11-14-15-16-17(11)7-5-9-3-4-10(12)18-9/h3-4,13H,2,5-8H2,1H3. The van der Waals surface area contributed by atoms with Crippen molar-refractivity contribution in [2.24, 2.45) is 0 Å². The van der Waals surface area contributed by atoms with Crippen LogP contribution in [-0.4, -0.2) is 26.8 Å². The fraction of sp³-hybridized carbons (Fsp3) is 0.545. The zero-order valence-electron chi connectivity index (χ0n) is 10.3. The van der Waals surface area contributed by atoms with Crippen LogP contribution < -0.4 is 5.32 Å². The molecule has 2 aromatic rings.